The van der Waals surface area contributed by atoms with Gasteiger partial charge in [0.2, 0.25) is 0 Å². The highest BCUT2D eigenvalue weighted by Gasteiger charge is 2.38. The SMILES string of the molecule is Cn1nccc1-c1nnc(C(=O)N2CCc3[nH]cnc3[C@@H]2c2cc3cccc(C(F)F)n3n2)o1. The summed E-state index contributed by atoms with van der Waals surface area (Å²) in [6, 6.07) is 7.19. The predicted octanol–water partition coefficient (Wildman–Crippen LogP) is 2.57. The number of amides is 1. The van der Waals surface area contributed by atoms with Crippen LogP contribution in [0.15, 0.2) is 47.3 Å². The molecular weight excluding hydrogens is 448 g/mol. The maximum absolute atomic E-state index is 13.5. The van der Waals surface area contributed by atoms with Gasteiger partial charge in [0, 0.05) is 31.9 Å². The standard InChI is InChI=1S/C21H17F2N9O2/c1-30-15(5-7-26-30)19-27-28-20(34-19)21(33)31-8-6-12-16(25-10-24-12)17(31)13-9-11-3-2-4-14(18(22)23)32(11)29-13/h2-5,7,9-10,17-18H,6,8H2,1H3,(H,24,25)/t17-/m0/s1. The summed E-state index contributed by atoms with van der Waals surface area (Å²) in [5.41, 5.74) is 2.66. The summed E-state index contributed by atoms with van der Waals surface area (Å²) >= 11 is 0. The molecule has 1 amide bonds. The molecule has 0 saturated heterocycles. The number of rotatable bonds is 4. The molecule has 172 valence electrons. The molecule has 0 spiro atoms. The number of imidazole rings is 1. The second-order valence-corrected chi connectivity index (χ2v) is 7.83. The molecule has 0 unspecified atom stereocenters. The van der Waals surface area contributed by atoms with Gasteiger partial charge in [0.15, 0.2) is 0 Å². The lowest BCUT2D eigenvalue weighted by Crippen LogP contribution is -2.41. The Morgan fingerprint density at radius 3 is 2.94 bits per heavy atom. The average Bonchev–Trinajstić information content (AvgIpc) is 3.62. The number of halogens is 2. The molecule has 0 radical (unpaired) electrons. The summed E-state index contributed by atoms with van der Waals surface area (Å²) in [6.45, 7) is 0.317. The third-order valence-electron chi connectivity index (χ3n) is 5.87. The van der Waals surface area contributed by atoms with E-state index in [1.54, 1.807) is 48.5 Å². The highest BCUT2D eigenvalue weighted by atomic mass is 19.3. The zero-order valence-corrected chi connectivity index (χ0v) is 17.8. The van der Waals surface area contributed by atoms with Crippen LogP contribution in [-0.2, 0) is 13.5 Å². The van der Waals surface area contributed by atoms with E-state index in [1.807, 2.05) is 0 Å². The molecule has 1 aliphatic heterocycles. The van der Waals surface area contributed by atoms with Crippen LogP contribution < -0.4 is 0 Å². The number of hydrogen-bond donors (Lipinski definition) is 1. The Morgan fingerprint density at radius 2 is 2.15 bits per heavy atom. The average molecular weight is 465 g/mol. The number of carbonyl (C=O) groups is 1. The molecule has 0 aromatic carbocycles. The van der Waals surface area contributed by atoms with Gasteiger partial charge in [-0.2, -0.15) is 10.2 Å². The van der Waals surface area contributed by atoms with E-state index < -0.39 is 18.4 Å². The smallest absolute Gasteiger partial charge is 0.312 e. The van der Waals surface area contributed by atoms with Gasteiger partial charge in [-0.3, -0.25) is 9.48 Å². The van der Waals surface area contributed by atoms with Gasteiger partial charge < -0.3 is 14.3 Å². The van der Waals surface area contributed by atoms with Crippen molar-refractivity contribution in [3.63, 3.8) is 0 Å². The monoisotopic (exact) mass is 465 g/mol. The van der Waals surface area contributed by atoms with Crippen LogP contribution >= 0.6 is 0 Å². The van der Waals surface area contributed by atoms with Gasteiger partial charge in [0.25, 0.3) is 12.3 Å². The van der Waals surface area contributed by atoms with Crippen LogP contribution in [0.25, 0.3) is 17.1 Å². The largest absolute Gasteiger partial charge is 0.411 e. The maximum atomic E-state index is 13.5. The van der Waals surface area contributed by atoms with Crippen molar-refractivity contribution < 1.29 is 18.0 Å². The van der Waals surface area contributed by atoms with E-state index in [4.69, 9.17) is 4.42 Å². The molecule has 13 heteroatoms. The Kier molecular flexibility index (Phi) is 4.50. The third-order valence-corrected chi connectivity index (χ3v) is 5.87. The van der Waals surface area contributed by atoms with E-state index >= 15 is 0 Å². The Labute approximate surface area is 190 Å². The molecule has 1 aliphatic rings. The number of nitrogens with zero attached hydrogens (tertiary/aromatic N) is 8. The number of aryl methyl sites for hydroxylation is 1. The van der Waals surface area contributed by atoms with Crippen molar-refractivity contribution in [1.29, 1.82) is 0 Å². The second kappa shape index (κ2) is 7.57. The number of carbonyl (C=O) groups excluding carboxylic acids is 1. The van der Waals surface area contributed by atoms with Crippen LogP contribution in [0.2, 0.25) is 0 Å². The van der Waals surface area contributed by atoms with Crippen LogP contribution in [0.1, 0.15) is 45.9 Å². The first-order valence-corrected chi connectivity index (χ1v) is 10.4. The molecule has 5 aromatic heterocycles. The fraction of sp³-hybridized carbons (Fsp3) is 0.238. The number of fused-ring (bicyclic) bond motifs is 2. The minimum Gasteiger partial charge on any atom is -0.411 e. The molecule has 1 N–H and O–H groups in total. The molecule has 0 saturated carbocycles. The maximum Gasteiger partial charge on any atom is 0.312 e. The van der Waals surface area contributed by atoms with Crippen LogP contribution in [0.3, 0.4) is 0 Å². The molecule has 6 heterocycles. The number of aromatic amines is 1. The van der Waals surface area contributed by atoms with Crippen molar-refractivity contribution in [3.05, 3.63) is 71.5 Å². The number of hydrogen-bond acceptors (Lipinski definition) is 7. The van der Waals surface area contributed by atoms with E-state index in [1.165, 1.54) is 15.5 Å². The van der Waals surface area contributed by atoms with E-state index in [2.05, 4.69) is 30.4 Å². The first-order valence-electron chi connectivity index (χ1n) is 10.4. The highest BCUT2D eigenvalue weighted by molar-refractivity contribution is 5.90. The van der Waals surface area contributed by atoms with Crippen molar-refractivity contribution in [1.82, 2.24) is 44.5 Å². The molecule has 5 aromatic rings. The summed E-state index contributed by atoms with van der Waals surface area (Å²) in [5.74, 6) is -0.547. The quantitative estimate of drug-likeness (QED) is 0.433. The zero-order valence-electron chi connectivity index (χ0n) is 17.8. The Bertz CT molecular complexity index is 1520. The van der Waals surface area contributed by atoms with Gasteiger partial charge in [-0.25, -0.2) is 18.3 Å². The van der Waals surface area contributed by atoms with Gasteiger partial charge in [-0.15, -0.1) is 10.2 Å². The van der Waals surface area contributed by atoms with Gasteiger partial charge in [-0.1, -0.05) is 6.07 Å². The topological polar surface area (TPSA) is 123 Å². The fourth-order valence-corrected chi connectivity index (χ4v) is 4.27. The summed E-state index contributed by atoms with van der Waals surface area (Å²) in [6.07, 6.45) is 0.942. The lowest BCUT2D eigenvalue weighted by Gasteiger charge is -2.32. The number of nitrogens with one attached hydrogen (secondary N) is 1. The summed E-state index contributed by atoms with van der Waals surface area (Å²) in [5, 5.41) is 16.4. The first-order chi connectivity index (χ1) is 16.5. The van der Waals surface area contributed by atoms with Gasteiger partial charge in [-0.05, 0) is 24.3 Å². The fourth-order valence-electron chi connectivity index (χ4n) is 4.27. The highest BCUT2D eigenvalue weighted by Crippen LogP contribution is 2.35. The molecule has 0 fully saturated rings. The minimum absolute atomic E-state index is 0.159. The van der Waals surface area contributed by atoms with Gasteiger partial charge in [0.05, 0.1) is 23.2 Å². The summed E-state index contributed by atoms with van der Waals surface area (Å²) in [7, 11) is 1.72. The normalized spacial score (nSPS) is 15.9. The van der Waals surface area contributed by atoms with E-state index in [9.17, 15) is 13.6 Å². The van der Waals surface area contributed by atoms with Gasteiger partial charge in [0.1, 0.15) is 17.4 Å². The summed E-state index contributed by atoms with van der Waals surface area (Å²) in [4.78, 5) is 22.5. The van der Waals surface area contributed by atoms with Crippen molar-refractivity contribution in [2.75, 3.05) is 6.54 Å². The minimum atomic E-state index is -2.70. The molecule has 34 heavy (non-hydrogen) atoms. The van der Waals surface area contributed by atoms with E-state index in [0.717, 1.165) is 5.69 Å². The Balaban J connectivity index is 1.42. The molecular formula is C21H17F2N9O2. The molecule has 0 aliphatic carbocycles. The van der Waals surface area contributed by atoms with Crippen LogP contribution in [-0.4, -0.2) is 56.9 Å². The number of H-pyrrole nitrogens is 1. The lowest BCUT2D eigenvalue weighted by atomic mass is 9.99. The molecule has 1 atom stereocenters. The van der Waals surface area contributed by atoms with Gasteiger partial charge >= 0.3 is 11.8 Å². The first kappa shape index (κ1) is 20.2. The number of aromatic nitrogens is 8. The van der Waals surface area contributed by atoms with Crippen LogP contribution in [0.4, 0.5) is 8.78 Å². The number of alkyl halides is 2. The van der Waals surface area contributed by atoms with E-state index in [0.29, 0.717) is 35.6 Å². The van der Waals surface area contributed by atoms with E-state index in [-0.39, 0.29) is 17.5 Å². The Hall–Kier alpha value is -4.42. The van der Waals surface area contributed by atoms with Crippen molar-refractivity contribution >= 4 is 11.4 Å². The Morgan fingerprint density at radius 1 is 1.26 bits per heavy atom. The second-order valence-electron chi connectivity index (χ2n) is 7.83. The molecule has 11 nitrogen and oxygen atoms in total. The summed E-state index contributed by atoms with van der Waals surface area (Å²) < 4.78 is 35.5. The predicted molar refractivity (Wildman–Crippen MR) is 112 cm³/mol. The third kappa shape index (κ3) is 3.08. The van der Waals surface area contributed by atoms with Crippen LogP contribution in [0.5, 0.6) is 0 Å². The van der Waals surface area contributed by atoms with Crippen molar-refractivity contribution in [2.45, 2.75) is 18.9 Å². The van der Waals surface area contributed by atoms with Crippen molar-refractivity contribution in [3.8, 4) is 11.6 Å². The number of pyridine rings is 1. The lowest BCUT2D eigenvalue weighted by molar-refractivity contribution is 0.0646. The van der Waals surface area contributed by atoms with Crippen molar-refractivity contribution in [2.24, 2.45) is 7.05 Å². The molecule has 0 bridgehead atoms. The van der Waals surface area contributed by atoms with Crippen LogP contribution in [0, 0.1) is 0 Å². The zero-order chi connectivity index (χ0) is 23.4. The molecule has 6 rings (SSSR count).